The van der Waals surface area contributed by atoms with Crippen LogP contribution in [0, 0.1) is 6.92 Å². The highest BCUT2D eigenvalue weighted by molar-refractivity contribution is 6.30. The normalized spacial score (nSPS) is 11.4. The van der Waals surface area contributed by atoms with Crippen LogP contribution in [0.3, 0.4) is 0 Å². The van der Waals surface area contributed by atoms with Gasteiger partial charge in [-0.1, -0.05) is 47.5 Å². The molecular weight excluding hydrogens is 416 g/mol. The molecule has 0 atom stereocenters. The van der Waals surface area contributed by atoms with Crippen molar-refractivity contribution in [2.75, 3.05) is 6.61 Å². The van der Waals surface area contributed by atoms with Gasteiger partial charge in [-0.25, -0.2) is 4.79 Å². The number of halogens is 1. The van der Waals surface area contributed by atoms with Crippen molar-refractivity contribution in [2.24, 2.45) is 7.05 Å². The minimum atomic E-state index is -0.464. The molecule has 31 heavy (non-hydrogen) atoms. The number of benzene rings is 2. The van der Waals surface area contributed by atoms with E-state index in [1.807, 2.05) is 43.3 Å². The lowest BCUT2D eigenvalue weighted by atomic mass is 9.99. The predicted octanol–water partition coefficient (Wildman–Crippen LogP) is 3.90. The van der Waals surface area contributed by atoms with Crippen LogP contribution in [-0.4, -0.2) is 20.8 Å². The number of hydrogen-bond acceptors (Lipinski definition) is 4. The number of fused-ring (bicyclic) bond motifs is 1. The van der Waals surface area contributed by atoms with Crippen LogP contribution < -0.4 is 11.2 Å². The van der Waals surface area contributed by atoms with E-state index in [1.54, 1.807) is 19.2 Å². The van der Waals surface area contributed by atoms with Crippen molar-refractivity contribution in [3.63, 3.8) is 0 Å². The van der Waals surface area contributed by atoms with Gasteiger partial charge in [0, 0.05) is 42.8 Å². The first-order valence-corrected chi connectivity index (χ1v) is 10.5. The Labute approximate surface area is 183 Å². The van der Waals surface area contributed by atoms with E-state index in [-0.39, 0.29) is 18.9 Å². The molecule has 0 spiro atoms. The molecule has 0 bridgehead atoms. The topological polar surface area (TPSA) is 77.4 Å². The number of aryl methyl sites for hydroxylation is 2. The van der Waals surface area contributed by atoms with E-state index < -0.39 is 11.2 Å². The number of aliphatic hydroxyl groups is 1. The maximum atomic E-state index is 13.4. The van der Waals surface area contributed by atoms with Crippen LogP contribution in [0.15, 0.2) is 62.5 Å². The third-order valence-corrected chi connectivity index (χ3v) is 5.64. The van der Waals surface area contributed by atoms with Crippen LogP contribution in [0.1, 0.15) is 23.1 Å². The van der Waals surface area contributed by atoms with E-state index in [1.165, 1.54) is 9.13 Å². The molecule has 7 heteroatoms. The number of nitrogens with zero attached hydrogens (tertiary/aromatic N) is 2. The summed E-state index contributed by atoms with van der Waals surface area (Å²) in [7, 11) is 1.59. The Hall–Kier alpha value is -3.09. The van der Waals surface area contributed by atoms with Crippen LogP contribution in [0.25, 0.3) is 22.4 Å². The minimum absolute atomic E-state index is 0.106. The molecule has 2 heterocycles. The van der Waals surface area contributed by atoms with Crippen molar-refractivity contribution in [3.8, 4) is 11.3 Å². The largest absolute Gasteiger partial charge is 0.439 e. The van der Waals surface area contributed by atoms with Crippen molar-refractivity contribution in [1.82, 2.24) is 9.13 Å². The van der Waals surface area contributed by atoms with Gasteiger partial charge in [0.1, 0.15) is 11.1 Å². The summed E-state index contributed by atoms with van der Waals surface area (Å²) in [5, 5.41) is 10.2. The summed E-state index contributed by atoms with van der Waals surface area (Å²) in [6.07, 6.45) is 0.761. The SMILES string of the molecule is Cc1cccc(-c2oc3c(c2Cc2ccc(Cl)cc2)c(=O)n(CCCO)c(=O)n3C)c1. The summed E-state index contributed by atoms with van der Waals surface area (Å²) in [4.78, 5) is 26.2. The highest BCUT2D eigenvalue weighted by Gasteiger charge is 2.23. The quantitative estimate of drug-likeness (QED) is 0.495. The van der Waals surface area contributed by atoms with Crippen LogP contribution >= 0.6 is 11.6 Å². The van der Waals surface area contributed by atoms with Crippen LogP contribution in [0.2, 0.25) is 5.02 Å². The lowest BCUT2D eigenvalue weighted by Gasteiger charge is -2.08. The summed E-state index contributed by atoms with van der Waals surface area (Å²) in [6, 6.07) is 15.3. The third-order valence-electron chi connectivity index (χ3n) is 5.38. The first-order valence-electron chi connectivity index (χ1n) is 10.1. The molecule has 2 aromatic heterocycles. The highest BCUT2D eigenvalue weighted by Crippen LogP contribution is 2.33. The Morgan fingerprint density at radius 2 is 1.84 bits per heavy atom. The molecule has 160 valence electrons. The van der Waals surface area contributed by atoms with Gasteiger partial charge in [-0.2, -0.15) is 0 Å². The lowest BCUT2D eigenvalue weighted by Crippen LogP contribution is -2.39. The zero-order valence-corrected chi connectivity index (χ0v) is 18.1. The Bertz CT molecular complexity index is 1360. The molecule has 0 unspecified atom stereocenters. The van der Waals surface area contributed by atoms with E-state index in [2.05, 4.69) is 0 Å². The van der Waals surface area contributed by atoms with E-state index >= 15 is 0 Å². The summed E-state index contributed by atoms with van der Waals surface area (Å²) in [5.41, 5.74) is 2.97. The summed E-state index contributed by atoms with van der Waals surface area (Å²) >= 11 is 6.04. The zero-order valence-electron chi connectivity index (χ0n) is 17.4. The molecule has 0 aliphatic heterocycles. The molecule has 0 fully saturated rings. The molecule has 0 radical (unpaired) electrons. The van der Waals surface area contributed by atoms with Gasteiger partial charge in [0.05, 0.1) is 0 Å². The average molecular weight is 439 g/mol. The van der Waals surface area contributed by atoms with Gasteiger partial charge >= 0.3 is 5.69 Å². The van der Waals surface area contributed by atoms with Gasteiger partial charge in [0.25, 0.3) is 5.56 Å². The fraction of sp³-hybridized carbons (Fsp3) is 0.250. The van der Waals surface area contributed by atoms with Crippen molar-refractivity contribution < 1.29 is 9.52 Å². The number of aromatic nitrogens is 2. The molecule has 0 amide bonds. The standard InChI is InChI=1S/C24H23ClN2O4/c1-15-5-3-6-17(13-15)21-19(14-16-7-9-18(25)10-8-16)20-22(29)27(11-4-12-28)24(30)26(2)23(20)31-21/h3,5-10,13,28H,4,11-12,14H2,1-2H3. The van der Waals surface area contributed by atoms with Crippen molar-refractivity contribution in [1.29, 1.82) is 0 Å². The minimum Gasteiger partial charge on any atom is -0.439 e. The zero-order chi connectivity index (χ0) is 22.1. The number of aliphatic hydroxyl groups excluding tert-OH is 1. The smallest absolute Gasteiger partial charge is 0.333 e. The maximum absolute atomic E-state index is 13.4. The monoisotopic (exact) mass is 438 g/mol. The Balaban J connectivity index is 2.03. The first-order chi connectivity index (χ1) is 14.9. The summed E-state index contributed by atoms with van der Waals surface area (Å²) in [5.74, 6) is 0.570. The van der Waals surface area contributed by atoms with E-state index in [0.29, 0.717) is 29.0 Å². The second kappa shape index (κ2) is 8.57. The molecule has 4 aromatic rings. The molecule has 2 aromatic carbocycles. The Kier molecular flexibility index (Phi) is 5.85. The fourth-order valence-electron chi connectivity index (χ4n) is 3.82. The molecule has 0 saturated heterocycles. The van der Waals surface area contributed by atoms with Crippen molar-refractivity contribution in [3.05, 3.63) is 91.1 Å². The molecule has 0 saturated carbocycles. The van der Waals surface area contributed by atoms with E-state index in [4.69, 9.17) is 16.0 Å². The summed E-state index contributed by atoms with van der Waals surface area (Å²) < 4.78 is 8.69. The van der Waals surface area contributed by atoms with E-state index in [9.17, 15) is 14.7 Å². The average Bonchev–Trinajstić information content (AvgIpc) is 3.13. The fourth-order valence-corrected chi connectivity index (χ4v) is 3.94. The molecule has 0 aliphatic rings. The molecule has 1 N–H and O–H groups in total. The Morgan fingerprint density at radius 1 is 1.10 bits per heavy atom. The maximum Gasteiger partial charge on any atom is 0.333 e. The van der Waals surface area contributed by atoms with Crippen LogP contribution in [0.5, 0.6) is 0 Å². The van der Waals surface area contributed by atoms with Gasteiger partial charge < -0.3 is 9.52 Å². The molecule has 0 aliphatic carbocycles. The number of rotatable bonds is 6. The Morgan fingerprint density at radius 3 is 2.52 bits per heavy atom. The van der Waals surface area contributed by atoms with Crippen LogP contribution in [-0.2, 0) is 20.0 Å². The summed E-state index contributed by atoms with van der Waals surface area (Å²) in [6.45, 7) is 2.02. The molecule has 6 nitrogen and oxygen atoms in total. The lowest BCUT2D eigenvalue weighted by molar-refractivity contribution is 0.277. The van der Waals surface area contributed by atoms with Gasteiger partial charge in [-0.05, 0) is 37.1 Å². The van der Waals surface area contributed by atoms with Crippen molar-refractivity contribution >= 4 is 22.7 Å². The van der Waals surface area contributed by atoms with Gasteiger partial charge in [0.15, 0.2) is 0 Å². The third kappa shape index (κ3) is 3.96. The number of furan rings is 1. The molecule has 4 rings (SSSR count). The van der Waals surface area contributed by atoms with E-state index in [0.717, 1.165) is 22.3 Å². The van der Waals surface area contributed by atoms with Crippen LogP contribution in [0.4, 0.5) is 0 Å². The predicted molar refractivity (Wildman–Crippen MR) is 122 cm³/mol. The molecular formula is C24H23ClN2O4. The second-order valence-corrected chi connectivity index (χ2v) is 8.07. The van der Waals surface area contributed by atoms with Gasteiger partial charge in [-0.3, -0.25) is 13.9 Å². The van der Waals surface area contributed by atoms with Gasteiger partial charge in [-0.15, -0.1) is 0 Å². The second-order valence-electron chi connectivity index (χ2n) is 7.64. The van der Waals surface area contributed by atoms with Gasteiger partial charge in [0.2, 0.25) is 5.71 Å². The first kappa shape index (κ1) is 21.2. The highest BCUT2D eigenvalue weighted by atomic mass is 35.5. The van der Waals surface area contributed by atoms with Crippen molar-refractivity contribution in [2.45, 2.75) is 26.3 Å². The number of hydrogen-bond donors (Lipinski definition) is 1.